The minimum atomic E-state index is -1.04. The fourth-order valence-electron chi connectivity index (χ4n) is 0.978. The van der Waals surface area contributed by atoms with E-state index in [-0.39, 0.29) is 6.61 Å². The molecule has 4 atom stereocenters. The van der Waals surface area contributed by atoms with Gasteiger partial charge in [0, 0.05) is 0 Å². The van der Waals surface area contributed by atoms with E-state index in [1.807, 2.05) is 0 Å². The van der Waals surface area contributed by atoms with Crippen LogP contribution in [-0.4, -0.2) is 45.7 Å². The molecular formula is C6H10O4S. The minimum absolute atomic E-state index is 0.310. The summed E-state index contributed by atoms with van der Waals surface area (Å²) in [4.78, 5) is 0. The monoisotopic (exact) mass is 178 g/mol. The average molecular weight is 178 g/mol. The number of rotatable bonds is 1. The second-order valence-corrected chi connectivity index (χ2v) is 3.08. The van der Waals surface area contributed by atoms with Crippen molar-refractivity contribution in [2.24, 2.45) is 0 Å². The highest BCUT2D eigenvalue weighted by Gasteiger charge is 2.41. The fraction of sp³-hybridized carbons (Fsp3) is 0.833. The molecule has 1 fully saturated rings. The number of hydrogen-bond acceptors (Lipinski definition) is 4. The van der Waals surface area contributed by atoms with Crippen molar-refractivity contribution in [1.29, 1.82) is 0 Å². The maximum atomic E-state index is 9.17. The van der Waals surface area contributed by atoms with Gasteiger partial charge in [0.25, 0.3) is 0 Å². The van der Waals surface area contributed by atoms with E-state index in [1.165, 1.54) is 0 Å². The molecule has 0 bridgehead atoms. The molecule has 0 aromatic rings. The highest BCUT2D eigenvalue weighted by molar-refractivity contribution is 7.88. The van der Waals surface area contributed by atoms with Gasteiger partial charge < -0.3 is 20.1 Å². The van der Waals surface area contributed by atoms with E-state index in [0.29, 0.717) is 0 Å². The first-order valence-corrected chi connectivity index (χ1v) is 4.13. The summed E-state index contributed by atoms with van der Waals surface area (Å²) in [7, 11) is 0. The first kappa shape index (κ1) is 8.93. The Balaban J connectivity index is 2.62. The topological polar surface area (TPSA) is 69.9 Å². The van der Waals surface area contributed by atoms with Crippen molar-refractivity contribution in [3.63, 3.8) is 0 Å². The van der Waals surface area contributed by atoms with E-state index in [4.69, 9.17) is 20.6 Å². The van der Waals surface area contributed by atoms with Crippen LogP contribution < -0.4 is 0 Å². The smallest absolute Gasteiger partial charge is 0.155 e. The van der Waals surface area contributed by atoms with Gasteiger partial charge in [-0.1, -0.05) is 0 Å². The van der Waals surface area contributed by atoms with Crippen molar-refractivity contribution in [1.82, 2.24) is 0 Å². The van der Waals surface area contributed by atoms with Gasteiger partial charge in [0.2, 0.25) is 0 Å². The number of aliphatic hydroxyl groups excluding tert-OH is 3. The predicted octanol–water partition coefficient (Wildman–Crippen LogP) is -1.25. The van der Waals surface area contributed by atoms with E-state index in [9.17, 15) is 5.11 Å². The van der Waals surface area contributed by atoms with Crippen LogP contribution in [0.2, 0.25) is 0 Å². The number of ether oxygens (including phenoxy) is 1. The molecule has 1 rings (SSSR count). The van der Waals surface area contributed by atoms with E-state index in [2.05, 4.69) is 0 Å². The molecule has 1 aliphatic heterocycles. The summed E-state index contributed by atoms with van der Waals surface area (Å²) in [6, 6.07) is 0. The Kier molecular flexibility index (Phi) is 2.84. The SMILES string of the molecule is C#S[C@@H]1O[C@H](CO)C(O)C1O. The fourth-order valence-corrected chi connectivity index (χ4v) is 1.51. The molecule has 3 N–H and O–H groups in total. The molecule has 0 saturated carbocycles. The molecule has 64 valence electrons. The van der Waals surface area contributed by atoms with E-state index in [1.54, 1.807) is 0 Å². The molecule has 11 heavy (non-hydrogen) atoms. The lowest BCUT2D eigenvalue weighted by Crippen LogP contribution is -2.32. The molecule has 0 aromatic carbocycles. The van der Waals surface area contributed by atoms with Gasteiger partial charge in [-0.15, -0.1) is 16.9 Å². The molecule has 1 saturated heterocycles. The molecule has 0 amide bonds. The lowest BCUT2D eigenvalue weighted by molar-refractivity contribution is -0.00796. The molecule has 1 aliphatic rings. The average Bonchev–Trinajstić information content (AvgIpc) is 2.30. The Morgan fingerprint density at radius 1 is 1.36 bits per heavy atom. The predicted molar refractivity (Wildman–Crippen MR) is 40.3 cm³/mol. The van der Waals surface area contributed by atoms with Crippen molar-refractivity contribution in [3.8, 4) is 5.69 Å². The summed E-state index contributed by atoms with van der Waals surface area (Å²) in [5.74, 6) is 0. The van der Waals surface area contributed by atoms with Crippen LogP contribution >= 0.6 is 11.2 Å². The van der Waals surface area contributed by atoms with Crippen LogP contribution in [0.25, 0.3) is 0 Å². The van der Waals surface area contributed by atoms with E-state index < -0.39 is 23.7 Å². The Bertz CT molecular complexity index is 178. The Labute approximate surface area is 68.0 Å². The van der Waals surface area contributed by atoms with Crippen LogP contribution in [0.3, 0.4) is 0 Å². The zero-order valence-corrected chi connectivity index (χ0v) is 6.57. The summed E-state index contributed by atoms with van der Waals surface area (Å²) in [5, 5.41) is 26.9. The van der Waals surface area contributed by atoms with E-state index >= 15 is 0 Å². The van der Waals surface area contributed by atoms with Gasteiger partial charge in [0.15, 0.2) is 5.44 Å². The molecule has 2 unspecified atom stereocenters. The minimum Gasteiger partial charge on any atom is -0.394 e. The van der Waals surface area contributed by atoms with E-state index in [0.717, 1.165) is 11.2 Å². The van der Waals surface area contributed by atoms with Crippen LogP contribution in [0.5, 0.6) is 0 Å². The van der Waals surface area contributed by atoms with Crippen molar-refractivity contribution in [3.05, 3.63) is 0 Å². The first-order valence-electron chi connectivity index (χ1n) is 3.18. The van der Waals surface area contributed by atoms with Crippen LogP contribution in [-0.2, 0) is 4.74 Å². The van der Waals surface area contributed by atoms with Crippen molar-refractivity contribution < 1.29 is 20.1 Å². The second kappa shape index (κ2) is 3.49. The molecule has 4 nitrogen and oxygen atoms in total. The van der Waals surface area contributed by atoms with Crippen molar-refractivity contribution in [2.45, 2.75) is 23.7 Å². The molecule has 0 aliphatic carbocycles. The Morgan fingerprint density at radius 3 is 2.27 bits per heavy atom. The van der Waals surface area contributed by atoms with Crippen LogP contribution in [0, 0.1) is 5.69 Å². The van der Waals surface area contributed by atoms with Gasteiger partial charge in [-0.3, -0.25) is 0 Å². The molecule has 0 aromatic heterocycles. The molecule has 5 heteroatoms. The maximum Gasteiger partial charge on any atom is 0.155 e. The summed E-state index contributed by atoms with van der Waals surface area (Å²) < 4.78 is 4.97. The quantitative estimate of drug-likeness (QED) is 0.469. The summed E-state index contributed by atoms with van der Waals surface area (Å²) in [5.41, 5.74) is 4.51. The maximum absolute atomic E-state index is 9.17. The third kappa shape index (κ3) is 1.54. The first-order chi connectivity index (χ1) is 5.20. The summed E-state index contributed by atoms with van der Waals surface area (Å²) >= 11 is 0.820. The largest absolute Gasteiger partial charge is 0.394 e. The van der Waals surface area contributed by atoms with Gasteiger partial charge in [-0.25, -0.2) is 0 Å². The standard InChI is InChI=1S/C6H10O4S/c1-11-6-5(9)4(8)3(2-7)10-6/h1,3-9H,2H2/t3-,4?,5?,6+/m1/s1. The van der Waals surface area contributed by atoms with Crippen molar-refractivity contribution >= 4 is 11.2 Å². The Morgan fingerprint density at radius 2 is 2.00 bits per heavy atom. The van der Waals surface area contributed by atoms with Gasteiger partial charge in [0.1, 0.15) is 18.3 Å². The highest BCUT2D eigenvalue weighted by atomic mass is 32.1. The van der Waals surface area contributed by atoms with Gasteiger partial charge >= 0.3 is 0 Å². The van der Waals surface area contributed by atoms with Crippen LogP contribution in [0.15, 0.2) is 0 Å². The third-order valence-corrected chi connectivity index (χ3v) is 2.29. The zero-order chi connectivity index (χ0) is 8.43. The van der Waals surface area contributed by atoms with Crippen LogP contribution in [0.1, 0.15) is 0 Å². The lowest BCUT2D eigenvalue weighted by Gasteiger charge is -2.09. The molecule has 0 radical (unpaired) electrons. The Hall–Kier alpha value is -0.160. The van der Waals surface area contributed by atoms with Crippen LogP contribution in [0.4, 0.5) is 0 Å². The lowest BCUT2D eigenvalue weighted by atomic mass is 10.2. The second-order valence-electron chi connectivity index (χ2n) is 2.34. The number of aliphatic hydroxyl groups is 3. The highest BCUT2D eigenvalue weighted by Crippen LogP contribution is 2.24. The third-order valence-electron chi connectivity index (χ3n) is 1.63. The van der Waals surface area contributed by atoms with Gasteiger partial charge in [0.05, 0.1) is 6.61 Å². The molecule has 0 spiro atoms. The molecular weight excluding hydrogens is 168 g/mol. The number of hydrogen-bond donors (Lipinski definition) is 3. The van der Waals surface area contributed by atoms with Gasteiger partial charge in [-0.05, 0) is 0 Å². The normalized spacial score (nSPS) is 44.2. The molecule has 1 heterocycles. The summed E-state index contributed by atoms with van der Waals surface area (Å²) in [6.07, 6.45) is -2.77. The van der Waals surface area contributed by atoms with Gasteiger partial charge in [-0.2, -0.15) is 0 Å². The zero-order valence-electron chi connectivity index (χ0n) is 5.75. The summed E-state index contributed by atoms with van der Waals surface area (Å²) in [6.45, 7) is -0.310. The van der Waals surface area contributed by atoms with Crippen molar-refractivity contribution in [2.75, 3.05) is 6.61 Å².